The first kappa shape index (κ1) is 18.3. The highest BCUT2D eigenvalue weighted by molar-refractivity contribution is 7.84. The molecular weight excluding hydrogens is 375 g/mol. The highest BCUT2D eigenvalue weighted by Gasteiger charge is 2.15. The quantitative estimate of drug-likeness (QED) is 0.675. The summed E-state index contributed by atoms with van der Waals surface area (Å²) in [6.45, 7) is 0.0748. The van der Waals surface area contributed by atoms with Gasteiger partial charge in [0.2, 0.25) is 0 Å². The number of halogens is 1. The van der Waals surface area contributed by atoms with Gasteiger partial charge in [-0.3, -0.25) is 5.01 Å². The molecule has 2 N–H and O–H groups in total. The zero-order valence-electron chi connectivity index (χ0n) is 13.7. The highest BCUT2D eigenvalue weighted by atomic mass is 32.2. The maximum atomic E-state index is 14.4. The van der Waals surface area contributed by atoms with E-state index in [1.807, 2.05) is 6.07 Å². The van der Waals surface area contributed by atoms with Crippen LogP contribution in [0.4, 0.5) is 10.1 Å². The second kappa shape index (κ2) is 7.40. The van der Waals surface area contributed by atoms with Gasteiger partial charge in [0.25, 0.3) is 0 Å². The predicted octanol–water partition coefficient (Wildman–Crippen LogP) is 1.34. The Morgan fingerprint density at radius 1 is 1.19 bits per heavy atom. The smallest absolute Gasteiger partial charge is 0.371 e. The average molecular weight is 388 g/mol. The fourth-order valence-electron chi connectivity index (χ4n) is 2.34. The lowest BCUT2D eigenvalue weighted by Gasteiger charge is -2.25. The van der Waals surface area contributed by atoms with E-state index < -0.39 is 16.1 Å². The molecule has 9 nitrogen and oxygen atoms in total. The molecule has 2 aromatic carbocycles. The summed E-state index contributed by atoms with van der Waals surface area (Å²) in [6.07, 6.45) is 2.88. The van der Waals surface area contributed by atoms with Crippen LogP contribution in [0.5, 0.6) is 5.75 Å². The van der Waals surface area contributed by atoms with Gasteiger partial charge in [-0.2, -0.15) is 18.8 Å². The molecule has 3 aromatic rings. The summed E-state index contributed by atoms with van der Waals surface area (Å²) in [5.74, 6) is -0.907. The first-order valence-corrected chi connectivity index (χ1v) is 8.96. The Labute approximate surface area is 154 Å². The third-order valence-corrected chi connectivity index (χ3v) is 3.96. The van der Waals surface area contributed by atoms with Crippen molar-refractivity contribution in [1.29, 1.82) is 5.26 Å². The maximum Gasteiger partial charge on any atom is 0.380 e. The molecule has 0 amide bonds. The van der Waals surface area contributed by atoms with Crippen molar-refractivity contribution >= 4 is 16.0 Å². The van der Waals surface area contributed by atoms with Crippen molar-refractivity contribution in [1.82, 2.24) is 14.9 Å². The first-order chi connectivity index (χ1) is 12.9. The molecule has 138 valence electrons. The molecule has 0 fully saturated rings. The molecule has 3 rings (SSSR count). The van der Waals surface area contributed by atoms with Gasteiger partial charge < -0.3 is 4.18 Å². The van der Waals surface area contributed by atoms with Crippen LogP contribution in [-0.4, -0.2) is 23.3 Å². The molecular formula is C16H13FN6O3S. The minimum absolute atomic E-state index is 0.0748. The van der Waals surface area contributed by atoms with Gasteiger partial charge in [-0.25, -0.2) is 9.07 Å². The Balaban J connectivity index is 1.92. The second-order valence-electron chi connectivity index (χ2n) is 5.39. The summed E-state index contributed by atoms with van der Waals surface area (Å²) in [4.78, 5) is 0. The third-order valence-electron chi connectivity index (χ3n) is 3.54. The number of nitriles is 1. The minimum Gasteiger partial charge on any atom is -0.371 e. The number of anilines is 1. The fraction of sp³-hybridized carbons (Fsp3) is 0.0625. The Kier molecular flexibility index (Phi) is 5.02. The summed E-state index contributed by atoms with van der Waals surface area (Å²) in [5.41, 5.74) is 1.41. The van der Waals surface area contributed by atoms with Crippen LogP contribution in [0.3, 0.4) is 0 Å². The van der Waals surface area contributed by atoms with Crippen molar-refractivity contribution in [2.24, 2.45) is 5.14 Å². The molecule has 0 spiro atoms. The zero-order chi connectivity index (χ0) is 19.4. The van der Waals surface area contributed by atoms with Crippen LogP contribution in [0.25, 0.3) is 0 Å². The molecule has 0 radical (unpaired) electrons. The topological polar surface area (TPSA) is 127 Å². The Morgan fingerprint density at radius 3 is 2.41 bits per heavy atom. The standard InChI is InChI=1S/C16H13FN6O3S/c17-16-7-15(26-27(19,24)25)6-3-13(16)9-23(22-10-20-21-11-22)14-4-1-12(8-18)2-5-14/h1-7,10-11H,9H2,(H2,19,24,25). The van der Waals surface area contributed by atoms with Crippen molar-refractivity contribution in [3.63, 3.8) is 0 Å². The van der Waals surface area contributed by atoms with Crippen LogP contribution in [0.1, 0.15) is 11.1 Å². The van der Waals surface area contributed by atoms with E-state index in [1.165, 1.54) is 24.8 Å². The minimum atomic E-state index is -4.24. The maximum absolute atomic E-state index is 14.4. The SMILES string of the molecule is N#Cc1ccc(N(Cc2ccc(OS(N)(=O)=O)cc2F)n2cnnc2)cc1. The van der Waals surface area contributed by atoms with Crippen molar-refractivity contribution in [2.45, 2.75) is 6.54 Å². The molecule has 27 heavy (non-hydrogen) atoms. The molecule has 11 heteroatoms. The summed E-state index contributed by atoms with van der Waals surface area (Å²) in [6, 6.07) is 12.3. The van der Waals surface area contributed by atoms with Crippen LogP contribution in [-0.2, 0) is 16.8 Å². The molecule has 0 saturated heterocycles. The van der Waals surface area contributed by atoms with Crippen molar-refractivity contribution < 1.29 is 17.0 Å². The van der Waals surface area contributed by atoms with Crippen molar-refractivity contribution in [3.05, 3.63) is 72.1 Å². The predicted molar refractivity (Wildman–Crippen MR) is 92.9 cm³/mol. The Bertz CT molecular complexity index is 1080. The van der Waals surface area contributed by atoms with Crippen LogP contribution in [0.2, 0.25) is 0 Å². The zero-order valence-corrected chi connectivity index (χ0v) is 14.5. The van der Waals surface area contributed by atoms with E-state index in [0.717, 1.165) is 6.07 Å². The largest absolute Gasteiger partial charge is 0.380 e. The number of nitrogens with two attached hydrogens (primary N) is 1. The van der Waals surface area contributed by atoms with Crippen LogP contribution in [0.15, 0.2) is 55.1 Å². The summed E-state index contributed by atoms with van der Waals surface area (Å²) >= 11 is 0. The van der Waals surface area contributed by atoms with E-state index in [4.69, 9.17) is 10.4 Å². The molecule has 0 aliphatic rings. The van der Waals surface area contributed by atoms with Crippen molar-refractivity contribution in [2.75, 3.05) is 5.01 Å². The number of nitrogens with zero attached hydrogens (tertiary/aromatic N) is 5. The molecule has 0 aliphatic carbocycles. The van der Waals surface area contributed by atoms with E-state index in [1.54, 1.807) is 34.0 Å². The summed E-state index contributed by atoms with van der Waals surface area (Å²) < 4.78 is 42.4. The molecule has 0 saturated carbocycles. The normalized spacial score (nSPS) is 11.0. The summed E-state index contributed by atoms with van der Waals surface area (Å²) in [5, 5.41) is 22.9. The van der Waals surface area contributed by atoms with E-state index in [-0.39, 0.29) is 17.9 Å². The Hall–Kier alpha value is -3.49. The number of benzene rings is 2. The van der Waals surface area contributed by atoms with Gasteiger partial charge in [0.15, 0.2) is 0 Å². The Morgan fingerprint density at radius 2 is 1.85 bits per heavy atom. The third kappa shape index (κ3) is 4.57. The number of rotatable bonds is 6. The molecule has 0 aliphatic heterocycles. The van der Waals surface area contributed by atoms with E-state index in [0.29, 0.717) is 11.3 Å². The molecule has 0 atom stereocenters. The van der Waals surface area contributed by atoms with Gasteiger partial charge in [0.05, 0.1) is 23.9 Å². The lowest BCUT2D eigenvalue weighted by Crippen LogP contribution is -2.28. The highest BCUT2D eigenvalue weighted by Crippen LogP contribution is 2.23. The van der Waals surface area contributed by atoms with Gasteiger partial charge >= 0.3 is 10.3 Å². The van der Waals surface area contributed by atoms with Gasteiger partial charge in [0.1, 0.15) is 24.2 Å². The number of aromatic nitrogens is 3. The van der Waals surface area contributed by atoms with Gasteiger partial charge in [0, 0.05) is 11.6 Å². The average Bonchev–Trinajstić information content (AvgIpc) is 3.14. The lowest BCUT2D eigenvalue weighted by atomic mass is 10.1. The lowest BCUT2D eigenvalue weighted by molar-refractivity contribution is 0.484. The number of hydrogen-bond donors (Lipinski definition) is 1. The molecule has 1 heterocycles. The molecule has 1 aromatic heterocycles. The van der Waals surface area contributed by atoms with Gasteiger partial charge in [-0.05, 0) is 30.3 Å². The molecule has 0 bridgehead atoms. The van der Waals surface area contributed by atoms with Crippen LogP contribution >= 0.6 is 0 Å². The number of hydrogen-bond acceptors (Lipinski definition) is 7. The summed E-state index contributed by atoms with van der Waals surface area (Å²) in [7, 11) is -4.24. The molecule has 0 unspecified atom stereocenters. The first-order valence-electron chi connectivity index (χ1n) is 7.49. The van der Waals surface area contributed by atoms with Crippen LogP contribution < -0.4 is 14.3 Å². The van der Waals surface area contributed by atoms with E-state index >= 15 is 0 Å². The van der Waals surface area contributed by atoms with E-state index in [2.05, 4.69) is 14.4 Å². The fourth-order valence-corrected chi connectivity index (χ4v) is 2.71. The second-order valence-corrected chi connectivity index (χ2v) is 6.54. The van der Waals surface area contributed by atoms with Gasteiger partial charge in [-0.15, -0.1) is 10.2 Å². The monoisotopic (exact) mass is 388 g/mol. The van der Waals surface area contributed by atoms with Gasteiger partial charge in [-0.1, -0.05) is 6.07 Å². The van der Waals surface area contributed by atoms with Crippen LogP contribution in [0, 0.1) is 17.1 Å². The van der Waals surface area contributed by atoms with Crippen molar-refractivity contribution in [3.8, 4) is 11.8 Å². The van der Waals surface area contributed by atoms with E-state index in [9.17, 15) is 12.8 Å².